The highest BCUT2D eigenvalue weighted by atomic mass is 32.2. The van der Waals surface area contributed by atoms with Gasteiger partial charge in [-0.2, -0.15) is 0 Å². The first-order valence-corrected chi connectivity index (χ1v) is 7.20. The summed E-state index contributed by atoms with van der Waals surface area (Å²) in [5.74, 6) is -0.0550. The Balaban J connectivity index is 2.68. The molecule has 4 heteroatoms. The van der Waals surface area contributed by atoms with Gasteiger partial charge in [0.15, 0.2) is 0 Å². The van der Waals surface area contributed by atoms with Crippen molar-refractivity contribution in [1.29, 1.82) is 0 Å². The predicted molar refractivity (Wildman–Crippen MR) is 69.5 cm³/mol. The van der Waals surface area contributed by atoms with E-state index in [9.17, 15) is 9.00 Å². The highest BCUT2D eigenvalue weighted by molar-refractivity contribution is 7.84. The van der Waals surface area contributed by atoms with Crippen molar-refractivity contribution in [2.24, 2.45) is 0 Å². The van der Waals surface area contributed by atoms with E-state index >= 15 is 0 Å². The van der Waals surface area contributed by atoms with Gasteiger partial charge < -0.3 is 5.11 Å². The molecule has 1 rings (SSSR count). The summed E-state index contributed by atoms with van der Waals surface area (Å²) in [4.78, 5) is 10.8. The fourth-order valence-corrected chi connectivity index (χ4v) is 2.69. The molecule has 17 heavy (non-hydrogen) atoms. The van der Waals surface area contributed by atoms with Crippen molar-refractivity contribution in [3.05, 3.63) is 35.4 Å². The first kappa shape index (κ1) is 13.9. The number of carbonyl (C=O) groups is 1. The van der Waals surface area contributed by atoms with Crippen LogP contribution < -0.4 is 0 Å². The Hall–Kier alpha value is -1.16. The molecule has 0 aromatic heterocycles. The van der Waals surface area contributed by atoms with Gasteiger partial charge in [0.1, 0.15) is 0 Å². The largest absolute Gasteiger partial charge is 0.481 e. The topological polar surface area (TPSA) is 54.4 Å². The van der Waals surface area contributed by atoms with E-state index in [-0.39, 0.29) is 0 Å². The van der Waals surface area contributed by atoms with Gasteiger partial charge in [-0.15, -0.1) is 0 Å². The predicted octanol–water partition coefficient (Wildman–Crippen LogP) is 2.53. The quantitative estimate of drug-likeness (QED) is 0.848. The third kappa shape index (κ3) is 4.30. The smallest absolute Gasteiger partial charge is 0.310 e. The van der Waals surface area contributed by atoms with Gasteiger partial charge in [-0.25, -0.2) is 0 Å². The van der Waals surface area contributed by atoms with Crippen LogP contribution in [-0.2, 0) is 21.3 Å². The van der Waals surface area contributed by atoms with Gasteiger partial charge in [-0.05, 0) is 24.5 Å². The number of aliphatic carboxylic acids is 1. The molecule has 3 nitrogen and oxygen atoms in total. The maximum absolute atomic E-state index is 11.6. The van der Waals surface area contributed by atoms with Gasteiger partial charge in [0, 0.05) is 22.3 Å². The van der Waals surface area contributed by atoms with E-state index in [1.54, 1.807) is 19.1 Å². The molecule has 1 aromatic rings. The van der Waals surface area contributed by atoms with Crippen molar-refractivity contribution in [1.82, 2.24) is 0 Å². The zero-order valence-electron chi connectivity index (χ0n) is 10.2. The Morgan fingerprint density at radius 3 is 2.41 bits per heavy atom. The normalized spacial score (nSPS) is 14.2. The van der Waals surface area contributed by atoms with Crippen LogP contribution in [0.25, 0.3) is 0 Å². The van der Waals surface area contributed by atoms with Crippen molar-refractivity contribution in [2.75, 3.05) is 5.75 Å². The second-order valence-electron chi connectivity index (χ2n) is 4.09. The molecular formula is C13H18O3S. The van der Waals surface area contributed by atoms with Crippen LogP contribution >= 0.6 is 0 Å². The maximum Gasteiger partial charge on any atom is 0.310 e. The number of hydrogen-bond donors (Lipinski definition) is 1. The van der Waals surface area contributed by atoms with Crippen molar-refractivity contribution < 1.29 is 14.1 Å². The van der Waals surface area contributed by atoms with Gasteiger partial charge in [-0.3, -0.25) is 9.00 Å². The SMILES string of the molecule is CCCS(=O)Cc1ccc(C(C)C(=O)O)cc1. The molecule has 0 aliphatic carbocycles. The maximum atomic E-state index is 11.6. The lowest BCUT2D eigenvalue weighted by atomic mass is 10.0. The van der Waals surface area contributed by atoms with Crippen molar-refractivity contribution in [3.63, 3.8) is 0 Å². The van der Waals surface area contributed by atoms with Gasteiger partial charge >= 0.3 is 5.97 Å². The summed E-state index contributed by atoms with van der Waals surface area (Å²) >= 11 is 0. The van der Waals surface area contributed by atoms with Gasteiger partial charge in [-0.1, -0.05) is 31.2 Å². The van der Waals surface area contributed by atoms with Crippen LogP contribution in [0.5, 0.6) is 0 Å². The number of carboxylic acid groups (broad SMARTS) is 1. The highest BCUT2D eigenvalue weighted by Crippen LogP contribution is 2.16. The van der Waals surface area contributed by atoms with E-state index in [2.05, 4.69) is 0 Å². The van der Waals surface area contributed by atoms with Crippen LogP contribution in [0.3, 0.4) is 0 Å². The molecule has 0 heterocycles. The van der Waals surface area contributed by atoms with E-state index in [1.807, 2.05) is 19.1 Å². The van der Waals surface area contributed by atoms with E-state index in [4.69, 9.17) is 5.11 Å². The molecule has 1 N–H and O–H groups in total. The van der Waals surface area contributed by atoms with Crippen LogP contribution in [0.1, 0.15) is 37.3 Å². The third-order valence-electron chi connectivity index (χ3n) is 2.61. The van der Waals surface area contributed by atoms with Crippen LogP contribution in [0, 0.1) is 0 Å². The van der Waals surface area contributed by atoms with E-state index in [0.29, 0.717) is 11.5 Å². The number of carboxylic acids is 1. The Bertz CT molecular complexity index is 398. The molecule has 0 radical (unpaired) electrons. The average molecular weight is 254 g/mol. The second kappa shape index (κ2) is 6.55. The minimum absolute atomic E-state index is 0.495. The molecule has 0 saturated heterocycles. The lowest BCUT2D eigenvalue weighted by molar-refractivity contribution is -0.138. The summed E-state index contributed by atoms with van der Waals surface area (Å²) in [6.07, 6.45) is 0.917. The van der Waals surface area contributed by atoms with Crippen LogP contribution in [0.4, 0.5) is 0 Å². The molecular weight excluding hydrogens is 236 g/mol. The summed E-state index contributed by atoms with van der Waals surface area (Å²) in [5, 5.41) is 8.87. The number of hydrogen-bond acceptors (Lipinski definition) is 2. The second-order valence-corrected chi connectivity index (χ2v) is 5.67. The zero-order chi connectivity index (χ0) is 12.8. The lowest BCUT2D eigenvalue weighted by Gasteiger charge is -2.07. The molecule has 0 saturated carbocycles. The molecule has 0 aliphatic heterocycles. The molecule has 0 fully saturated rings. The van der Waals surface area contributed by atoms with Crippen LogP contribution in [0.2, 0.25) is 0 Å². The lowest BCUT2D eigenvalue weighted by Crippen LogP contribution is -2.07. The van der Waals surface area contributed by atoms with Crippen molar-refractivity contribution in [3.8, 4) is 0 Å². The average Bonchev–Trinajstić information content (AvgIpc) is 2.29. The van der Waals surface area contributed by atoms with Gasteiger partial charge in [0.2, 0.25) is 0 Å². The van der Waals surface area contributed by atoms with Gasteiger partial charge in [0.05, 0.1) is 5.92 Å². The summed E-state index contributed by atoms with van der Waals surface area (Å²) in [7, 11) is -0.813. The molecule has 0 bridgehead atoms. The Kier molecular flexibility index (Phi) is 5.35. The van der Waals surface area contributed by atoms with Crippen LogP contribution in [-0.4, -0.2) is 21.0 Å². The summed E-state index contributed by atoms with van der Waals surface area (Å²) < 4.78 is 11.6. The number of rotatable bonds is 6. The van der Waals surface area contributed by atoms with E-state index in [1.165, 1.54) is 0 Å². The Labute approximate surface area is 104 Å². The monoisotopic (exact) mass is 254 g/mol. The fourth-order valence-electron chi connectivity index (χ4n) is 1.53. The fraction of sp³-hybridized carbons (Fsp3) is 0.462. The van der Waals surface area contributed by atoms with Crippen molar-refractivity contribution in [2.45, 2.75) is 31.9 Å². The number of benzene rings is 1. The summed E-state index contributed by atoms with van der Waals surface area (Å²) in [6, 6.07) is 7.33. The first-order valence-electron chi connectivity index (χ1n) is 5.71. The minimum atomic E-state index is -0.827. The zero-order valence-corrected chi connectivity index (χ0v) is 11.0. The summed E-state index contributed by atoms with van der Waals surface area (Å²) in [6.45, 7) is 3.67. The van der Waals surface area contributed by atoms with E-state index in [0.717, 1.165) is 17.5 Å². The Morgan fingerprint density at radius 1 is 1.35 bits per heavy atom. The highest BCUT2D eigenvalue weighted by Gasteiger charge is 2.13. The third-order valence-corrected chi connectivity index (χ3v) is 4.13. The molecule has 0 amide bonds. The van der Waals surface area contributed by atoms with Crippen molar-refractivity contribution >= 4 is 16.8 Å². The van der Waals surface area contributed by atoms with E-state index < -0.39 is 22.7 Å². The van der Waals surface area contributed by atoms with Crippen LogP contribution in [0.15, 0.2) is 24.3 Å². The molecule has 2 unspecified atom stereocenters. The van der Waals surface area contributed by atoms with Gasteiger partial charge in [0.25, 0.3) is 0 Å². The molecule has 0 spiro atoms. The standard InChI is InChI=1S/C13H18O3S/c1-3-8-17(16)9-11-4-6-12(7-5-11)10(2)13(14)15/h4-7,10H,3,8-9H2,1-2H3,(H,14,15). The Morgan fingerprint density at radius 2 is 1.94 bits per heavy atom. The summed E-state index contributed by atoms with van der Waals surface area (Å²) in [5.41, 5.74) is 1.78. The first-order chi connectivity index (χ1) is 8.04. The minimum Gasteiger partial charge on any atom is -0.481 e. The molecule has 1 aromatic carbocycles. The molecule has 0 aliphatic rings. The molecule has 2 atom stereocenters. The molecule has 94 valence electrons.